The van der Waals surface area contributed by atoms with Gasteiger partial charge < -0.3 is 5.11 Å². The summed E-state index contributed by atoms with van der Waals surface area (Å²) < 4.78 is 23.7. The maximum Gasteiger partial charge on any atom is 0.294 e. The lowest BCUT2D eigenvalue weighted by molar-refractivity contribution is -0.117. The normalized spacial score (nSPS) is 17.5. The van der Waals surface area contributed by atoms with Crippen LogP contribution < -0.4 is 10.0 Å². The van der Waals surface area contributed by atoms with Crippen molar-refractivity contribution in [3.8, 4) is 0 Å². The van der Waals surface area contributed by atoms with E-state index in [1.807, 2.05) is 0 Å². The van der Waals surface area contributed by atoms with Crippen molar-refractivity contribution < 1.29 is 23.1 Å². The summed E-state index contributed by atoms with van der Waals surface area (Å²) in [6.07, 6.45) is 0. The van der Waals surface area contributed by atoms with Crippen LogP contribution in [0.1, 0.15) is 18.5 Å². The van der Waals surface area contributed by atoms with Gasteiger partial charge in [0.25, 0.3) is 5.91 Å². The largest absolute Gasteiger partial charge is 0.503 e. The quantitative estimate of drug-likeness (QED) is 0.741. The molecule has 140 valence electrons. The molecule has 0 saturated carbocycles. The van der Waals surface area contributed by atoms with Gasteiger partial charge in [-0.15, -0.1) is 0 Å². The molecule has 2 aromatic rings. The fourth-order valence-electron chi connectivity index (χ4n) is 2.99. The second-order valence-electron chi connectivity index (χ2n) is 5.99. The van der Waals surface area contributed by atoms with E-state index in [1.54, 1.807) is 24.3 Å². The van der Waals surface area contributed by atoms with E-state index in [0.717, 1.165) is 4.47 Å². The van der Waals surface area contributed by atoms with Gasteiger partial charge >= 0.3 is 0 Å². The van der Waals surface area contributed by atoms with Crippen LogP contribution in [-0.2, 0) is 19.6 Å². The Bertz CT molecular complexity index is 1060. The molecule has 0 radical (unpaired) electrons. The average Bonchev–Trinajstić information content (AvgIpc) is 2.86. The Morgan fingerprint density at radius 2 is 1.67 bits per heavy atom. The van der Waals surface area contributed by atoms with Crippen LogP contribution in [0.5, 0.6) is 0 Å². The van der Waals surface area contributed by atoms with Crippen LogP contribution in [0, 0.1) is 0 Å². The average molecular weight is 451 g/mol. The number of sulfonamides is 1. The number of hydrogen-bond acceptors (Lipinski definition) is 5. The minimum Gasteiger partial charge on any atom is -0.503 e. The van der Waals surface area contributed by atoms with Crippen LogP contribution in [0.4, 0.5) is 5.69 Å². The summed E-state index contributed by atoms with van der Waals surface area (Å²) in [6, 6.07) is 11.5. The molecule has 9 heteroatoms. The summed E-state index contributed by atoms with van der Waals surface area (Å²) in [5.41, 5.74) is 0.928. The van der Waals surface area contributed by atoms with E-state index >= 15 is 0 Å². The number of aliphatic hydroxyl groups excluding tert-OH is 1. The number of Topliss-reactive ketones (excluding diaryl/α,β-unsaturated/α-hetero) is 1. The highest BCUT2D eigenvalue weighted by atomic mass is 79.9. The van der Waals surface area contributed by atoms with Gasteiger partial charge in [-0.2, -0.15) is 0 Å². The molecule has 1 aliphatic heterocycles. The zero-order chi connectivity index (χ0) is 19.9. The van der Waals surface area contributed by atoms with Gasteiger partial charge in [-0.3, -0.25) is 14.5 Å². The molecular formula is C18H15BrN2O5S. The van der Waals surface area contributed by atoms with Gasteiger partial charge in [0.1, 0.15) is 0 Å². The van der Waals surface area contributed by atoms with Crippen LogP contribution >= 0.6 is 15.9 Å². The molecular weight excluding hydrogens is 436 g/mol. The molecule has 0 fully saturated rings. The van der Waals surface area contributed by atoms with Gasteiger partial charge in [-0.05, 0) is 48.9 Å². The highest BCUT2D eigenvalue weighted by molar-refractivity contribution is 9.10. The number of benzene rings is 2. The van der Waals surface area contributed by atoms with Crippen molar-refractivity contribution in [2.24, 2.45) is 5.14 Å². The molecule has 0 aromatic heterocycles. The Balaban J connectivity index is 2.14. The Labute approximate surface area is 164 Å². The first-order valence-electron chi connectivity index (χ1n) is 7.77. The Hall–Kier alpha value is -2.49. The van der Waals surface area contributed by atoms with E-state index < -0.39 is 33.5 Å². The SMILES string of the molecule is CC(=O)C1=C(O)C(=O)N(c2ccc(S(N)(=O)=O)cc2)[C@@H]1c1ccc(Br)cc1. The molecule has 3 N–H and O–H groups in total. The Morgan fingerprint density at radius 3 is 2.15 bits per heavy atom. The van der Waals surface area contributed by atoms with E-state index in [1.165, 1.54) is 36.1 Å². The number of anilines is 1. The van der Waals surface area contributed by atoms with Crippen molar-refractivity contribution >= 4 is 43.3 Å². The van der Waals surface area contributed by atoms with Crippen molar-refractivity contribution in [2.75, 3.05) is 4.90 Å². The van der Waals surface area contributed by atoms with E-state index in [-0.39, 0.29) is 10.5 Å². The standard InChI is InChI=1S/C18H15BrN2O5S/c1-10(22)15-16(11-2-4-12(19)5-3-11)21(18(24)17(15)23)13-6-8-14(9-7-13)27(20,25)26/h2-9,16,23H,1H3,(H2,20,25,26)/t16-/m1/s1. The number of amides is 1. The molecule has 3 rings (SSSR count). The van der Waals surface area contributed by atoms with E-state index in [9.17, 15) is 23.1 Å². The van der Waals surface area contributed by atoms with Gasteiger partial charge in [0.2, 0.25) is 10.0 Å². The van der Waals surface area contributed by atoms with Crippen LogP contribution in [0.15, 0.2) is 69.2 Å². The number of carbonyl (C=O) groups is 2. The second-order valence-corrected chi connectivity index (χ2v) is 8.46. The number of aliphatic hydroxyl groups is 1. The van der Waals surface area contributed by atoms with E-state index in [4.69, 9.17) is 5.14 Å². The molecule has 0 aliphatic carbocycles. The van der Waals surface area contributed by atoms with Crippen molar-refractivity contribution in [1.82, 2.24) is 0 Å². The topological polar surface area (TPSA) is 118 Å². The van der Waals surface area contributed by atoms with Gasteiger partial charge in [-0.25, -0.2) is 13.6 Å². The molecule has 0 bridgehead atoms. The number of nitrogens with zero attached hydrogens (tertiary/aromatic N) is 1. The first-order valence-corrected chi connectivity index (χ1v) is 10.1. The maximum atomic E-state index is 12.7. The van der Waals surface area contributed by atoms with Gasteiger partial charge in [0.15, 0.2) is 11.5 Å². The Morgan fingerprint density at radius 1 is 1.11 bits per heavy atom. The van der Waals surface area contributed by atoms with Crippen molar-refractivity contribution in [2.45, 2.75) is 17.9 Å². The lowest BCUT2D eigenvalue weighted by Gasteiger charge is -2.26. The molecule has 0 spiro atoms. The summed E-state index contributed by atoms with van der Waals surface area (Å²) in [4.78, 5) is 25.9. The number of rotatable bonds is 4. The molecule has 7 nitrogen and oxygen atoms in total. The lowest BCUT2D eigenvalue weighted by atomic mass is 9.96. The third-order valence-electron chi connectivity index (χ3n) is 4.22. The van der Waals surface area contributed by atoms with Crippen LogP contribution in [-0.4, -0.2) is 25.2 Å². The highest BCUT2D eigenvalue weighted by Crippen LogP contribution is 2.41. The molecule has 0 unspecified atom stereocenters. The van der Waals surface area contributed by atoms with Crippen LogP contribution in [0.2, 0.25) is 0 Å². The van der Waals surface area contributed by atoms with E-state index in [0.29, 0.717) is 11.3 Å². The molecule has 1 amide bonds. The highest BCUT2D eigenvalue weighted by Gasteiger charge is 2.43. The molecule has 1 atom stereocenters. The predicted octanol–water partition coefficient (Wildman–Crippen LogP) is 2.59. The van der Waals surface area contributed by atoms with Crippen molar-refractivity contribution in [3.63, 3.8) is 0 Å². The predicted molar refractivity (Wildman–Crippen MR) is 103 cm³/mol. The van der Waals surface area contributed by atoms with Crippen molar-refractivity contribution in [3.05, 3.63) is 69.9 Å². The Kier molecular flexibility index (Phi) is 4.94. The fourth-order valence-corrected chi connectivity index (χ4v) is 3.77. The fraction of sp³-hybridized carbons (Fsp3) is 0.111. The number of halogens is 1. The third kappa shape index (κ3) is 3.53. The van der Waals surface area contributed by atoms with Crippen LogP contribution in [0.3, 0.4) is 0 Å². The minimum atomic E-state index is -3.88. The zero-order valence-corrected chi connectivity index (χ0v) is 16.5. The number of carbonyl (C=O) groups excluding carboxylic acids is 2. The monoisotopic (exact) mass is 450 g/mol. The molecule has 2 aromatic carbocycles. The number of primary sulfonamides is 1. The number of ketones is 1. The zero-order valence-electron chi connectivity index (χ0n) is 14.1. The van der Waals surface area contributed by atoms with Gasteiger partial charge in [0.05, 0.1) is 16.5 Å². The van der Waals surface area contributed by atoms with E-state index in [2.05, 4.69) is 15.9 Å². The first-order chi connectivity index (χ1) is 12.6. The number of nitrogens with two attached hydrogens (primary N) is 1. The molecule has 0 saturated heterocycles. The second kappa shape index (κ2) is 6.91. The first kappa shape index (κ1) is 19.3. The van der Waals surface area contributed by atoms with Crippen molar-refractivity contribution in [1.29, 1.82) is 0 Å². The maximum absolute atomic E-state index is 12.7. The molecule has 27 heavy (non-hydrogen) atoms. The summed E-state index contributed by atoms with van der Waals surface area (Å²) >= 11 is 3.33. The summed E-state index contributed by atoms with van der Waals surface area (Å²) in [6.45, 7) is 1.28. The summed E-state index contributed by atoms with van der Waals surface area (Å²) in [5.74, 6) is -1.79. The van der Waals surface area contributed by atoms with Gasteiger partial charge in [0, 0.05) is 10.2 Å². The molecule has 1 aliphatic rings. The van der Waals surface area contributed by atoms with Gasteiger partial charge in [-0.1, -0.05) is 28.1 Å². The summed E-state index contributed by atoms with van der Waals surface area (Å²) in [7, 11) is -3.88. The van der Waals surface area contributed by atoms with Crippen LogP contribution in [0.25, 0.3) is 0 Å². The smallest absolute Gasteiger partial charge is 0.294 e. The third-order valence-corrected chi connectivity index (χ3v) is 5.67. The number of hydrogen-bond donors (Lipinski definition) is 2. The summed E-state index contributed by atoms with van der Waals surface area (Å²) in [5, 5.41) is 15.4. The molecule has 1 heterocycles. The lowest BCUT2D eigenvalue weighted by Crippen LogP contribution is -2.30. The minimum absolute atomic E-state index is 0.0159.